The maximum absolute atomic E-state index is 13.2. The molecule has 0 aliphatic carbocycles. The summed E-state index contributed by atoms with van der Waals surface area (Å²) in [7, 11) is 0. The zero-order valence-electron chi connectivity index (χ0n) is 18.6. The first kappa shape index (κ1) is 24.5. The molecule has 0 N–H and O–H groups in total. The minimum Gasteiger partial charge on any atom is -0.484 e. The van der Waals surface area contributed by atoms with Crippen molar-refractivity contribution in [2.45, 2.75) is 20.3 Å². The van der Waals surface area contributed by atoms with E-state index in [2.05, 4.69) is 24.0 Å². The van der Waals surface area contributed by atoms with Crippen LogP contribution in [0, 0.1) is 13.8 Å². The molecule has 1 amide bonds. The summed E-state index contributed by atoms with van der Waals surface area (Å²) in [6, 6.07) is 14.0. The maximum Gasteiger partial charge on any atom is 0.266 e. The second-order valence-corrected chi connectivity index (χ2v) is 8.93. The fraction of sp³-hybridized carbons (Fsp3) is 0.417. The Bertz CT molecular complexity index is 1040. The molecule has 8 heteroatoms. The number of hydrogen-bond donors (Lipinski definition) is 0. The van der Waals surface area contributed by atoms with Gasteiger partial charge >= 0.3 is 0 Å². The standard InChI is InChI=1S/C24H29N3O3S.ClH/c1-18-5-3-6-20(15-18)30-17-23(28)27(10-4-9-26-11-13-29-14-12-26)24-25-21-8-7-19(2)16-22(21)31-24;/h3,5-8,15-16H,4,9-14,17H2,1-2H3;1H. The van der Waals surface area contributed by atoms with Crippen molar-refractivity contribution in [1.29, 1.82) is 0 Å². The van der Waals surface area contributed by atoms with Gasteiger partial charge in [0.25, 0.3) is 5.91 Å². The zero-order valence-corrected chi connectivity index (χ0v) is 20.2. The topological polar surface area (TPSA) is 54.9 Å². The van der Waals surface area contributed by atoms with Gasteiger partial charge in [0.15, 0.2) is 11.7 Å². The monoisotopic (exact) mass is 475 g/mol. The van der Waals surface area contributed by atoms with E-state index in [1.165, 1.54) is 5.56 Å². The van der Waals surface area contributed by atoms with E-state index in [1.54, 1.807) is 16.2 Å². The normalized spacial score (nSPS) is 14.2. The summed E-state index contributed by atoms with van der Waals surface area (Å²) in [5.74, 6) is 0.640. The average Bonchev–Trinajstić information content (AvgIpc) is 3.18. The number of fused-ring (bicyclic) bond motifs is 1. The highest BCUT2D eigenvalue weighted by Gasteiger charge is 2.21. The number of morpholine rings is 1. The quantitative estimate of drug-likeness (QED) is 0.481. The van der Waals surface area contributed by atoms with Crippen molar-refractivity contribution in [3.8, 4) is 5.75 Å². The summed E-state index contributed by atoms with van der Waals surface area (Å²) in [6.07, 6.45) is 0.880. The highest BCUT2D eigenvalue weighted by molar-refractivity contribution is 7.22. The molecule has 1 aromatic heterocycles. The first-order valence-electron chi connectivity index (χ1n) is 10.8. The molecule has 4 rings (SSSR count). The number of nitrogens with zero attached hydrogens (tertiary/aromatic N) is 3. The third kappa shape index (κ3) is 6.42. The van der Waals surface area contributed by atoms with Crippen LogP contribution in [-0.4, -0.2) is 61.8 Å². The molecule has 6 nitrogen and oxygen atoms in total. The second-order valence-electron chi connectivity index (χ2n) is 7.93. The van der Waals surface area contributed by atoms with Gasteiger partial charge in [0.2, 0.25) is 0 Å². The van der Waals surface area contributed by atoms with Crippen LogP contribution < -0.4 is 9.64 Å². The van der Waals surface area contributed by atoms with Crippen molar-refractivity contribution in [1.82, 2.24) is 9.88 Å². The van der Waals surface area contributed by atoms with Gasteiger partial charge in [-0.05, 0) is 55.7 Å². The van der Waals surface area contributed by atoms with Crippen molar-refractivity contribution in [3.05, 3.63) is 53.6 Å². The van der Waals surface area contributed by atoms with Crippen LogP contribution in [-0.2, 0) is 9.53 Å². The number of benzene rings is 2. The molecule has 0 unspecified atom stereocenters. The van der Waals surface area contributed by atoms with Gasteiger partial charge in [0, 0.05) is 26.2 Å². The van der Waals surface area contributed by atoms with E-state index in [9.17, 15) is 4.79 Å². The molecule has 0 spiro atoms. The number of rotatable bonds is 8. The lowest BCUT2D eigenvalue weighted by Crippen LogP contribution is -2.40. The first-order valence-corrected chi connectivity index (χ1v) is 11.6. The lowest BCUT2D eigenvalue weighted by atomic mass is 10.2. The number of hydrogen-bond acceptors (Lipinski definition) is 6. The summed E-state index contributed by atoms with van der Waals surface area (Å²) >= 11 is 1.56. The summed E-state index contributed by atoms with van der Waals surface area (Å²) in [6.45, 7) is 9.09. The predicted molar refractivity (Wildman–Crippen MR) is 133 cm³/mol. The molecule has 2 aromatic carbocycles. The Morgan fingerprint density at radius 3 is 2.72 bits per heavy atom. The lowest BCUT2D eigenvalue weighted by Gasteiger charge is -2.27. The highest BCUT2D eigenvalue weighted by atomic mass is 35.5. The Labute approximate surface area is 199 Å². The molecule has 0 atom stereocenters. The van der Waals surface area contributed by atoms with Gasteiger partial charge < -0.3 is 9.47 Å². The SMILES string of the molecule is Cc1cccc(OCC(=O)N(CCCN2CCOCC2)c2nc3ccc(C)cc3s2)c1.Cl. The summed E-state index contributed by atoms with van der Waals surface area (Å²) in [5.41, 5.74) is 3.22. The minimum atomic E-state index is -0.0701. The summed E-state index contributed by atoms with van der Waals surface area (Å²) in [4.78, 5) is 22.1. The van der Waals surface area contributed by atoms with E-state index in [4.69, 9.17) is 14.5 Å². The molecular weight excluding hydrogens is 446 g/mol. The zero-order chi connectivity index (χ0) is 21.6. The number of aromatic nitrogens is 1. The van der Waals surface area contributed by atoms with E-state index >= 15 is 0 Å². The second kappa shape index (κ2) is 11.6. The summed E-state index contributed by atoms with van der Waals surface area (Å²) in [5, 5.41) is 0.736. The van der Waals surface area contributed by atoms with Crippen molar-refractivity contribution < 1.29 is 14.3 Å². The molecular formula is C24H30ClN3O3S. The third-order valence-electron chi connectivity index (χ3n) is 5.38. The van der Waals surface area contributed by atoms with Crippen LogP contribution in [0.4, 0.5) is 5.13 Å². The number of ether oxygens (including phenoxy) is 2. The number of carbonyl (C=O) groups is 1. The van der Waals surface area contributed by atoms with Crippen LogP contribution in [0.1, 0.15) is 17.5 Å². The van der Waals surface area contributed by atoms with E-state index in [-0.39, 0.29) is 24.9 Å². The molecule has 1 aliphatic rings. The van der Waals surface area contributed by atoms with Crippen LogP contribution in [0.5, 0.6) is 5.75 Å². The Kier molecular flexibility index (Phi) is 8.87. The minimum absolute atomic E-state index is 0. The van der Waals surface area contributed by atoms with Crippen molar-refractivity contribution >= 4 is 45.0 Å². The first-order chi connectivity index (χ1) is 15.1. The fourth-order valence-corrected chi connectivity index (χ4v) is 4.77. The van der Waals surface area contributed by atoms with E-state index < -0.39 is 0 Å². The van der Waals surface area contributed by atoms with E-state index in [0.717, 1.165) is 60.2 Å². The van der Waals surface area contributed by atoms with Crippen molar-refractivity contribution in [3.63, 3.8) is 0 Å². The van der Waals surface area contributed by atoms with Crippen molar-refractivity contribution in [2.75, 3.05) is 50.9 Å². The number of amides is 1. The third-order valence-corrected chi connectivity index (χ3v) is 6.42. The van der Waals surface area contributed by atoms with Crippen LogP contribution in [0.2, 0.25) is 0 Å². The van der Waals surface area contributed by atoms with Gasteiger partial charge in [-0.1, -0.05) is 29.5 Å². The van der Waals surface area contributed by atoms with Crippen LogP contribution >= 0.6 is 23.7 Å². The van der Waals surface area contributed by atoms with Crippen LogP contribution in [0.15, 0.2) is 42.5 Å². The number of halogens is 1. The van der Waals surface area contributed by atoms with Gasteiger partial charge in [0.1, 0.15) is 5.75 Å². The largest absolute Gasteiger partial charge is 0.484 e. The lowest BCUT2D eigenvalue weighted by molar-refractivity contribution is -0.120. The molecule has 32 heavy (non-hydrogen) atoms. The number of carbonyl (C=O) groups excluding carboxylic acids is 1. The van der Waals surface area contributed by atoms with Gasteiger partial charge in [-0.15, -0.1) is 12.4 Å². The summed E-state index contributed by atoms with van der Waals surface area (Å²) < 4.78 is 12.3. The van der Waals surface area contributed by atoms with E-state index in [0.29, 0.717) is 12.3 Å². The Balaban J connectivity index is 0.00000289. The van der Waals surface area contributed by atoms with Crippen molar-refractivity contribution in [2.24, 2.45) is 0 Å². The molecule has 1 saturated heterocycles. The van der Waals surface area contributed by atoms with Gasteiger partial charge in [-0.2, -0.15) is 0 Å². The van der Waals surface area contributed by atoms with Gasteiger partial charge in [0.05, 0.1) is 23.4 Å². The molecule has 172 valence electrons. The predicted octanol–water partition coefficient (Wildman–Crippen LogP) is 4.47. The highest BCUT2D eigenvalue weighted by Crippen LogP contribution is 2.30. The molecule has 2 heterocycles. The van der Waals surface area contributed by atoms with E-state index in [1.807, 2.05) is 37.3 Å². The fourth-order valence-electron chi connectivity index (χ4n) is 3.67. The Morgan fingerprint density at radius 2 is 1.94 bits per heavy atom. The molecule has 1 aliphatic heterocycles. The smallest absolute Gasteiger partial charge is 0.266 e. The molecule has 0 bridgehead atoms. The molecule has 3 aromatic rings. The maximum atomic E-state index is 13.2. The molecule has 0 saturated carbocycles. The van der Waals surface area contributed by atoms with Crippen LogP contribution in [0.3, 0.4) is 0 Å². The number of thiazole rings is 1. The Hall–Kier alpha value is -2.19. The van der Waals surface area contributed by atoms with Crippen LogP contribution in [0.25, 0.3) is 10.2 Å². The Morgan fingerprint density at radius 1 is 1.16 bits per heavy atom. The number of anilines is 1. The molecule has 1 fully saturated rings. The van der Waals surface area contributed by atoms with Gasteiger partial charge in [-0.3, -0.25) is 14.6 Å². The average molecular weight is 476 g/mol. The van der Waals surface area contributed by atoms with Gasteiger partial charge in [-0.25, -0.2) is 4.98 Å². The molecule has 0 radical (unpaired) electrons. The number of aryl methyl sites for hydroxylation is 2.